The van der Waals surface area contributed by atoms with Crippen LogP contribution >= 0.6 is 24.0 Å². The zero-order valence-electron chi connectivity index (χ0n) is 15.3. The molecule has 1 saturated carbocycles. The van der Waals surface area contributed by atoms with E-state index in [0.29, 0.717) is 25.4 Å². The van der Waals surface area contributed by atoms with Crippen LogP contribution in [0.1, 0.15) is 50.6 Å². The van der Waals surface area contributed by atoms with Gasteiger partial charge in [-0.2, -0.15) is 0 Å². The Bertz CT molecular complexity index is 529. The van der Waals surface area contributed by atoms with Gasteiger partial charge in [0.05, 0.1) is 6.04 Å². The first kappa shape index (κ1) is 21.7. The molecule has 0 radical (unpaired) electrons. The molecule has 0 bridgehead atoms. The van der Waals surface area contributed by atoms with Crippen molar-refractivity contribution < 1.29 is 4.79 Å². The maximum atomic E-state index is 11.9. The van der Waals surface area contributed by atoms with Crippen molar-refractivity contribution in [1.29, 1.82) is 0 Å². The zero-order chi connectivity index (χ0) is 17.2. The molecule has 2 rings (SSSR count). The second-order valence-corrected chi connectivity index (χ2v) is 6.48. The van der Waals surface area contributed by atoms with Crippen molar-refractivity contribution in [2.24, 2.45) is 10.9 Å². The fraction of sp³-hybridized carbons (Fsp3) is 0.579. The average molecular weight is 458 g/mol. The number of hydrogen-bond acceptors (Lipinski definition) is 2. The number of halogens is 1. The second-order valence-electron chi connectivity index (χ2n) is 6.48. The van der Waals surface area contributed by atoms with E-state index in [1.165, 1.54) is 31.2 Å². The lowest BCUT2D eigenvalue weighted by atomic mass is 10.0. The molecule has 25 heavy (non-hydrogen) atoms. The third kappa shape index (κ3) is 8.07. The first-order chi connectivity index (χ1) is 11.7. The molecule has 1 fully saturated rings. The van der Waals surface area contributed by atoms with Gasteiger partial charge in [0.25, 0.3) is 0 Å². The van der Waals surface area contributed by atoms with Crippen LogP contribution in [0.2, 0.25) is 0 Å². The predicted octanol–water partition coefficient (Wildman–Crippen LogP) is 3.23. The molecule has 1 atom stereocenters. The van der Waals surface area contributed by atoms with Crippen molar-refractivity contribution in [3.05, 3.63) is 35.9 Å². The number of benzene rings is 1. The van der Waals surface area contributed by atoms with E-state index < -0.39 is 0 Å². The van der Waals surface area contributed by atoms with Gasteiger partial charge in [0, 0.05) is 26.6 Å². The van der Waals surface area contributed by atoms with Gasteiger partial charge < -0.3 is 16.0 Å². The zero-order valence-corrected chi connectivity index (χ0v) is 17.6. The number of nitrogens with zero attached hydrogens (tertiary/aromatic N) is 1. The van der Waals surface area contributed by atoms with Gasteiger partial charge >= 0.3 is 0 Å². The van der Waals surface area contributed by atoms with E-state index in [-0.39, 0.29) is 35.9 Å². The third-order valence-electron chi connectivity index (χ3n) is 4.56. The number of carbonyl (C=O) groups is 1. The van der Waals surface area contributed by atoms with Crippen LogP contribution in [0, 0.1) is 5.92 Å². The van der Waals surface area contributed by atoms with Crippen LogP contribution < -0.4 is 16.0 Å². The van der Waals surface area contributed by atoms with Crippen molar-refractivity contribution >= 4 is 35.8 Å². The summed E-state index contributed by atoms with van der Waals surface area (Å²) in [7, 11) is 1.76. The van der Waals surface area contributed by atoms with Gasteiger partial charge in [-0.15, -0.1) is 24.0 Å². The minimum absolute atomic E-state index is 0. The summed E-state index contributed by atoms with van der Waals surface area (Å²) in [5.74, 6) is 1.51. The number of carbonyl (C=O) groups excluding carboxylic acids is 1. The van der Waals surface area contributed by atoms with E-state index in [1.807, 2.05) is 18.2 Å². The molecule has 1 amide bonds. The maximum Gasteiger partial charge on any atom is 0.220 e. The number of aliphatic imine (C=N–C) groups is 1. The van der Waals surface area contributed by atoms with Crippen LogP contribution in [-0.2, 0) is 4.79 Å². The fourth-order valence-electron chi connectivity index (χ4n) is 3.16. The van der Waals surface area contributed by atoms with E-state index in [2.05, 4.69) is 40.0 Å². The lowest BCUT2D eigenvalue weighted by molar-refractivity contribution is -0.121. The quantitative estimate of drug-likeness (QED) is 0.255. The van der Waals surface area contributed by atoms with Crippen LogP contribution in [0.25, 0.3) is 0 Å². The van der Waals surface area contributed by atoms with Crippen LogP contribution in [0.3, 0.4) is 0 Å². The number of guanidine groups is 1. The Morgan fingerprint density at radius 2 is 1.80 bits per heavy atom. The summed E-state index contributed by atoms with van der Waals surface area (Å²) in [5.41, 5.74) is 1.21. The van der Waals surface area contributed by atoms with Gasteiger partial charge in [0.15, 0.2) is 5.96 Å². The largest absolute Gasteiger partial charge is 0.355 e. The summed E-state index contributed by atoms with van der Waals surface area (Å²) in [6.07, 6.45) is 5.65. The van der Waals surface area contributed by atoms with Crippen LogP contribution in [0.15, 0.2) is 35.3 Å². The normalized spacial score (nSPS) is 16.0. The SMILES string of the molecule is CN=C(NCCNC(=O)CC1CCCC1)NC(C)c1ccccc1.I. The summed E-state index contributed by atoms with van der Waals surface area (Å²) in [4.78, 5) is 16.1. The van der Waals surface area contributed by atoms with Crippen molar-refractivity contribution in [2.45, 2.75) is 45.1 Å². The van der Waals surface area contributed by atoms with E-state index in [1.54, 1.807) is 7.05 Å². The lowest BCUT2D eigenvalue weighted by Crippen LogP contribution is -2.42. The minimum Gasteiger partial charge on any atom is -0.355 e. The van der Waals surface area contributed by atoms with E-state index >= 15 is 0 Å². The highest BCUT2D eigenvalue weighted by Crippen LogP contribution is 2.27. The van der Waals surface area contributed by atoms with E-state index in [4.69, 9.17) is 0 Å². The van der Waals surface area contributed by atoms with E-state index in [9.17, 15) is 4.79 Å². The van der Waals surface area contributed by atoms with Crippen molar-refractivity contribution in [1.82, 2.24) is 16.0 Å². The lowest BCUT2D eigenvalue weighted by Gasteiger charge is -2.18. The second kappa shape index (κ2) is 12.1. The summed E-state index contributed by atoms with van der Waals surface area (Å²) >= 11 is 0. The number of hydrogen-bond donors (Lipinski definition) is 3. The Balaban J connectivity index is 0.00000312. The standard InChI is InChI=1S/C19H30N4O.HI/c1-15(17-10-4-3-5-11-17)23-19(20-2)22-13-12-21-18(24)14-16-8-6-7-9-16;/h3-5,10-11,15-16H,6-9,12-14H2,1-2H3,(H,21,24)(H2,20,22,23);1H. The van der Waals surface area contributed by atoms with Gasteiger partial charge in [0.2, 0.25) is 5.91 Å². The maximum absolute atomic E-state index is 11.9. The molecule has 0 spiro atoms. The topological polar surface area (TPSA) is 65.5 Å². The summed E-state index contributed by atoms with van der Waals surface area (Å²) < 4.78 is 0. The monoisotopic (exact) mass is 458 g/mol. The molecule has 0 saturated heterocycles. The van der Waals surface area contributed by atoms with Crippen molar-refractivity contribution in [3.8, 4) is 0 Å². The van der Waals surface area contributed by atoms with Gasteiger partial charge in [-0.05, 0) is 31.2 Å². The summed E-state index contributed by atoms with van der Waals surface area (Å²) in [6.45, 7) is 3.38. The molecule has 1 aliphatic carbocycles. The Morgan fingerprint density at radius 1 is 1.16 bits per heavy atom. The number of nitrogens with one attached hydrogen (secondary N) is 3. The molecule has 1 unspecified atom stereocenters. The molecule has 6 heteroatoms. The molecule has 1 aromatic rings. The molecule has 0 aromatic heterocycles. The molecular weight excluding hydrogens is 427 g/mol. The van der Waals surface area contributed by atoms with Crippen LogP contribution in [-0.4, -0.2) is 32.0 Å². The number of amides is 1. The first-order valence-corrected chi connectivity index (χ1v) is 8.98. The Labute approximate surface area is 168 Å². The third-order valence-corrected chi connectivity index (χ3v) is 4.56. The summed E-state index contributed by atoms with van der Waals surface area (Å²) in [5, 5.41) is 9.59. The smallest absolute Gasteiger partial charge is 0.220 e. The fourth-order valence-corrected chi connectivity index (χ4v) is 3.16. The Morgan fingerprint density at radius 3 is 2.44 bits per heavy atom. The molecule has 0 aliphatic heterocycles. The summed E-state index contributed by atoms with van der Waals surface area (Å²) in [6, 6.07) is 10.4. The van der Waals surface area contributed by atoms with Crippen LogP contribution in [0.5, 0.6) is 0 Å². The highest BCUT2D eigenvalue weighted by Gasteiger charge is 2.17. The van der Waals surface area contributed by atoms with Crippen molar-refractivity contribution in [2.75, 3.05) is 20.1 Å². The Kier molecular flexibility index (Phi) is 10.5. The van der Waals surface area contributed by atoms with Gasteiger partial charge in [-0.1, -0.05) is 43.2 Å². The Hall–Kier alpha value is -1.31. The number of rotatable bonds is 7. The van der Waals surface area contributed by atoms with Crippen LogP contribution in [0.4, 0.5) is 0 Å². The van der Waals surface area contributed by atoms with Gasteiger partial charge in [-0.25, -0.2) is 0 Å². The van der Waals surface area contributed by atoms with Gasteiger partial charge in [0.1, 0.15) is 0 Å². The van der Waals surface area contributed by atoms with E-state index in [0.717, 1.165) is 5.96 Å². The highest BCUT2D eigenvalue weighted by molar-refractivity contribution is 14.0. The molecule has 5 nitrogen and oxygen atoms in total. The molecule has 1 aromatic carbocycles. The molecule has 140 valence electrons. The first-order valence-electron chi connectivity index (χ1n) is 8.98. The van der Waals surface area contributed by atoms with Gasteiger partial charge in [-0.3, -0.25) is 9.79 Å². The minimum atomic E-state index is 0. The molecule has 0 heterocycles. The molecule has 1 aliphatic rings. The van der Waals surface area contributed by atoms with Crippen molar-refractivity contribution in [3.63, 3.8) is 0 Å². The molecule has 3 N–H and O–H groups in total. The average Bonchev–Trinajstić information content (AvgIpc) is 3.11. The highest BCUT2D eigenvalue weighted by atomic mass is 127. The molecular formula is C19H31IN4O. The predicted molar refractivity (Wildman–Crippen MR) is 114 cm³/mol.